The third-order valence-electron chi connectivity index (χ3n) is 10.5. The van der Waals surface area contributed by atoms with Crippen molar-refractivity contribution in [3.63, 3.8) is 0 Å². The summed E-state index contributed by atoms with van der Waals surface area (Å²) in [6, 6.07) is 9.11. The lowest BCUT2D eigenvalue weighted by Gasteiger charge is -2.52. The maximum Gasteiger partial charge on any atom is 0.254 e. The van der Waals surface area contributed by atoms with Crippen LogP contribution in [0.5, 0.6) is 0 Å². The average molecular weight is 545 g/mol. The fourth-order valence-corrected chi connectivity index (χ4v) is 8.62. The van der Waals surface area contributed by atoms with E-state index >= 15 is 0 Å². The van der Waals surface area contributed by atoms with E-state index in [9.17, 15) is 14.3 Å². The van der Waals surface area contributed by atoms with Crippen molar-refractivity contribution in [1.29, 1.82) is 0 Å². The van der Waals surface area contributed by atoms with Crippen molar-refractivity contribution >= 4 is 39.4 Å². The molecule has 2 aliphatic heterocycles. The number of nitrogens with zero attached hydrogens (tertiary/aromatic N) is 4. The largest absolute Gasteiger partial charge is 0.385 e. The first kappa shape index (κ1) is 22.9. The Morgan fingerprint density at radius 3 is 2.77 bits per heavy atom. The summed E-state index contributed by atoms with van der Waals surface area (Å²) < 4.78 is 18.7. The Morgan fingerprint density at radius 1 is 1.15 bits per heavy atom. The number of aryl methyl sites for hydroxylation is 1. The summed E-state index contributed by atoms with van der Waals surface area (Å²) in [5.41, 5.74) is 3.66. The normalized spacial score (nSPS) is 30.5. The molecule has 3 aliphatic carbocycles. The van der Waals surface area contributed by atoms with Crippen LogP contribution in [0.4, 0.5) is 4.39 Å². The molecular weight excluding hydrogens is 515 g/mol. The minimum atomic E-state index is -1.05. The van der Waals surface area contributed by atoms with Gasteiger partial charge in [0.05, 0.1) is 32.9 Å². The molecular formula is C31H30ClFN4O2. The number of amides is 1. The Labute approximate surface area is 230 Å². The zero-order chi connectivity index (χ0) is 26.4. The fourth-order valence-electron chi connectivity index (χ4n) is 8.30. The van der Waals surface area contributed by atoms with Crippen LogP contribution < -0.4 is 0 Å². The highest BCUT2D eigenvalue weighted by molar-refractivity contribution is 6.35. The van der Waals surface area contributed by atoms with Crippen LogP contribution in [0.15, 0.2) is 30.3 Å². The second kappa shape index (κ2) is 7.43. The molecule has 200 valence electrons. The summed E-state index contributed by atoms with van der Waals surface area (Å²) in [5, 5.41) is 12.6. The van der Waals surface area contributed by atoms with Gasteiger partial charge in [0.15, 0.2) is 5.82 Å². The van der Waals surface area contributed by atoms with Gasteiger partial charge < -0.3 is 19.1 Å². The highest BCUT2D eigenvalue weighted by atomic mass is 35.5. The van der Waals surface area contributed by atoms with Crippen LogP contribution in [-0.4, -0.2) is 42.6 Å². The molecule has 2 aromatic carbocycles. The fraction of sp³-hybridized carbons (Fsp3) is 0.484. The lowest BCUT2D eigenvalue weighted by atomic mass is 9.53. The maximum absolute atomic E-state index is 14.3. The van der Waals surface area contributed by atoms with E-state index in [1.165, 1.54) is 31.4 Å². The van der Waals surface area contributed by atoms with Gasteiger partial charge in [0.25, 0.3) is 5.91 Å². The molecule has 0 bridgehead atoms. The molecule has 5 unspecified atom stereocenters. The number of aliphatic hydroxyl groups is 1. The number of hydrogen-bond acceptors (Lipinski definition) is 3. The molecule has 4 aromatic rings. The van der Waals surface area contributed by atoms with Crippen molar-refractivity contribution in [3.05, 3.63) is 52.3 Å². The van der Waals surface area contributed by atoms with E-state index in [0.717, 1.165) is 64.4 Å². The van der Waals surface area contributed by atoms with Gasteiger partial charge in [0.1, 0.15) is 5.82 Å². The van der Waals surface area contributed by atoms with E-state index in [2.05, 4.69) is 14.0 Å². The second-order valence-electron chi connectivity index (χ2n) is 13.0. The van der Waals surface area contributed by atoms with Crippen LogP contribution in [-0.2, 0) is 18.7 Å². The molecule has 1 N–H and O–H groups in total. The molecule has 4 heterocycles. The van der Waals surface area contributed by atoms with Crippen molar-refractivity contribution in [2.24, 2.45) is 23.7 Å². The number of benzene rings is 2. The lowest BCUT2D eigenvalue weighted by molar-refractivity contribution is -0.0204. The zero-order valence-corrected chi connectivity index (χ0v) is 22.6. The quantitative estimate of drug-likeness (QED) is 0.345. The monoisotopic (exact) mass is 544 g/mol. The predicted molar refractivity (Wildman–Crippen MR) is 147 cm³/mol. The van der Waals surface area contributed by atoms with E-state index in [-0.39, 0.29) is 11.7 Å². The van der Waals surface area contributed by atoms with Crippen molar-refractivity contribution < 1.29 is 14.3 Å². The van der Waals surface area contributed by atoms with E-state index < -0.39 is 5.60 Å². The third-order valence-corrected chi connectivity index (χ3v) is 10.8. The summed E-state index contributed by atoms with van der Waals surface area (Å²) in [4.78, 5) is 21.0. The van der Waals surface area contributed by atoms with Crippen LogP contribution in [0, 0.1) is 29.5 Å². The van der Waals surface area contributed by atoms with Crippen molar-refractivity contribution in [2.75, 3.05) is 6.54 Å². The van der Waals surface area contributed by atoms with Crippen LogP contribution in [0.25, 0.3) is 33.5 Å². The standard InChI is InChI=1S/C31H30ClFN4O2/c1-31(39)4-5-35-28-21(31)8-18(30(38)37-14-19-6-16-10-24(37)26(16)19)9-23(28)34-29(35)25-11-17-7-20(33)12-22(32)27(17)36(25)13-15-2-3-15/h7-9,11-12,15-16,19,24,26,39H,2-6,10,13-14H2,1H3. The van der Waals surface area contributed by atoms with Gasteiger partial charge in [-0.15, -0.1) is 0 Å². The van der Waals surface area contributed by atoms with E-state index in [0.29, 0.717) is 47.3 Å². The number of carbonyl (C=O) groups is 1. The first-order valence-electron chi connectivity index (χ1n) is 14.3. The van der Waals surface area contributed by atoms with Crippen LogP contribution >= 0.6 is 11.6 Å². The first-order valence-corrected chi connectivity index (χ1v) is 14.7. The van der Waals surface area contributed by atoms with Gasteiger partial charge in [-0.25, -0.2) is 9.37 Å². The van der Waals surface area contributed by atoms with Gasteiger partial charge in [0.2, 0.25) is 0 Å². The number of hydrogen-bond donors (Lipinski definition) is 1. The first-order chi connectivity index (χ1) is 18.8. The van der Waals surface area contributed by atoms with Crippen LogP contribution in [0.1, 0.15) is 54.9 Å². The number of rotatable bonds is 4. The zero-order valence-electron chi connectivity index (χ0n) is 21.8. The van der Waals surface area contributed by atoms with E-state index in [1.807, 2.05) is 25.1 Å². The molecule has 5 atom stereocenters. The third kappa shape index (κ3) is 3.06. The molecule has 1 saturated heterocycles. The average Bonchev–Trinajstić information content (AvgIpc) is 3.51. The number of imidazole rings is 1. The minimum Gasteiger partial charge on any atom is -0.385 e. The summed E-state index contributed by atoms with van der Waals surface area (Å²) in [5.74, 6) is 3.26. The molecule has 1 amide bonds. The van der Waals surface area contributed by atoms with Crippen LogP contribution in [0.2, 0.25) is 5.02 Å². The van der Waals surface area contributed by atoms with Crippen molar-refractivity contribution in [2.45, 2.75) is 63.8 Å². The number of likely N-dealkylation sites (tertiary alicyclic amines) is 1. The van der Waals surface area contributed by atoms with Crippen molar-refractivity contribution in [1.82, 2.24) is 19.0 Å². The molecule has 39 heavy (non-hydrogen) atoms. The molecule has 9 rings (SSSR count). The molecule has 4 fully saturated rings. The summed E-state index contributed by atoms with van der Waals surface area (Å²) in [7, 11) is 0. The Balaban J connectivity index is 1.23. The minimum absolute atomic E-state index is 0.0635. The summed E-state index contributed by atoms with van der Waals surface area (Å²) in [6.45, 7) is 4.10. The second-order valence-corrected chi connectivity index (χ2v) is 13.4. The number of aromatic nitrogens is 3. The van der Waals surface area contributed by atoms with Crippen molar-refractivity contribution in [3.8, 4) is 11.5 Å². The van der Waals surface area contributed by atoms with Gasteiger partial charge in [-0.1, -0.05) is 11.6 Å². The van der Waals surface area contributed by atoms with Crippen LogP contribution in [0.3, 0.4) is 0 Å². The summed E-state index contributed by atoms with van der Waals surface area (Å²) >= 11 is 6.59. The lowest BCUT2D eigenvalue weighted by Crippen LogP contribution is -2.53. The topological polar surface area (TPSA) is 63.3 Å². The predicted octanol–water partition coefficient (Wildman–Crippen LogP) is 5.95. The molecule has 5 aliphatic rings. The molecule has 0 radical (unpaired) electrons. The van der Waals surface area contributed by atoms with Gasteiger partial charge in [0, 0.05) is 42.2 Å². The SMILES string of the molecule is CC1(O)CCn2c(-c3cc4cc(F)cc(Cl)c4n3CC3CC3)nc3cc(C(=O)N4CC5CC6CC4C65)cc1c32. The number of carbonyl (C=O) groups excluding carboxylic acids is 1. The van der Waals surface area contributed by atoms with Gasteiger partial charge in [-0.2, -0.15) is 0 Å². The smallest absolute Gasteiger partial charge is 0.254 e. The Morgan fingerprint density at radius 2 is 2.00 bits per heavy atom. The van der Waals surface area contributed by atoms with E-state index in [4.69, 9.17) is 16.6 Å². The number of halogens is 2. The van der Waals surface area contributed by atoms with E-state index in [1.54, 1.807) is 0 Å². The molecule has 6 nitrogen and oxygen atoms in total. The Bertz CT molecular complexity index is 1750. The van der Waals surface area contributed by atoms with Gasteiger partial charge in [-0.3, -0.25) is 4.79 Å². The Kier molecular flexibility index (Phi) is 4.36. The summed E-state index contributed by atoms with van der Waals surface area (Å²) in [6.07, 6.45) is 5.26. The highest BCUT2D eigenvalue weighted by Crippen LogP contribution is 2.61. The molecule has 3 saturated carbocycles. The highest BCUT2D eigenvalue weighted by Gasteiger charge is 2.61. The number of fused-ring (bicyclic) bond motifs is 1. The molecule has 8 heteroatoms. The molecule has 2 aromatic heterocycles. The molecule has 0 spiro atoms. The van der Waals surface area contributed by atoms with Gasteiger partial charge >= 0.3 is 0 Å². The maximum atomic E-state index is 14.3. The Hall–Kier alpha value is -2.90. The van der Waals surface area contributed by atoms with Gasteiger partial charge in [-0.05, 0) is 93.0 Å².